The molecule has 1 aliphatic carbocycles. The first-order valence-corrected chi connectivity index (χ1v) is 5.40. The van der Waals surface area contributed by atoms with Crippen LogP contribution in [0.5, 0.6) is 0 Å². The molecule has 0 aromatic rings. The lowest BCUT2D eigenvalue weighted by Crippen LogP contribution is -2.51. The molecule has 0 aromatic heterocycles. The number of nitrogens with two attached hydrogens (primary N) is 1. The summed E-state index contributed by atoms with van der Waals surface area (Å²) >= 11 is 0. The van der Waals surface area contributed by atoms with E-state index in [0.29, 0.717) is 12.5 Å². The van der Waals surface area contributed by atoms with Gasteiger partial charge in [0.1, 0.15) is 0 Å². The van der Waals surface area contributed by atoms with Crippen LogP contribution in [0, 0.1) is 11.3 Å². The lowest BCUT2D eigenvalue weighted by Gasteiger charge is -2.43. The fourth-order valence-electron chi connectivity index (χ4n) is 2.67. The van der Waals surface area contributed by atoms with Crippen molar-refractivity contribution in [2.45, 2.75) is 52.1 Å². The van der Waals surface area contributed by atoms with Crippen LogP contribution in [-0.4, -0.2) is 17.3 Å². The molecule has 0 radical (unpaired) electrons. The Kier molecular flexibility index (Phi) is 3.03. The van der Waals surface area contributed by atoms with Crippen LogP contribution in [-0.2, 0) is 0 Å². The van der Waals surface area contributed by atoms with E-state index in [0.717, 1.165) is 25.7 Å². The molecule has 2 heteroatoms. The third-order valence-electron chi connectivity index (χ3n) is 3.96. The number of rotatable bonds is 3. The summed E-state index contributed by atoms with van der Waals surface area (Å²) in [5.74, 6) is 0.450. The Morgan fingerprint density at radius 3 is 2.62 bits per heavy atom. The van der Waals surface area contributed by atoms with Gasteiger partial charge in [0.2, 0.25) is 0 Å². The minimum absolute atomic E-state index is 0.135. The first-order chi connectivity index (χ1) is 5.98. The maximum Gasteiger partial charge on any atom is 0.0738 e. The molecule has 1 aliphatic rings. The maximum atomic E-state index is 10.6. The van der Waals surface area contributed by atoms with Crippen molar-refractivity contribution < 1.29 is 5.11 Å². The summed E-state index contributed by atoms with van der Waals surface area (Å²) in [5, 5.41) is 10.6. The number of aliphatic hydroxyl groups is 1. The minimum atomic E-state index is -0.517. The lowest BCUT2D eigenvalue weighted by atomic mass is 9.68. The second kappa shape index (κ2) is 3.58. The second-order valence-corrected chi connectivity index (χ2v) is 5.01. The largest absolute Gasteiger partial charge is 0.389 e. The van der Waals surface area contributed by atoms with Crippen molar-refractivity contribution in [3.05, 3.63) is 0 Å². The molecule has 0 saturated heterocycles. The van der Waals surface area contributed by atoms with E-state index in [2.05, 4.69) is 20.8 Å². The lowest BCUT2D eigenvalue weighted by molar-refractivity contribution is -0.0927. The maximum absolute atomic E-state index is 10.6. The van der Waals surface area contributed by atoms with Gasteiger partial charge < -0.3 is 10.8 Å². The van der Waals surface area contributed by atoms with Crippen molar-refractivity contribution in [3.8, 4) is 0 Å². The van der Waals surface area contributed by atoms with Gasteiger partial charge in [-0.25, -0.2) is 0 Å². The van der Waals surface area contributed by atoms with E-state index in [4.69, 9.17) is 5.73 Å². The minimum Gasteiger partial charge on any atom is -0.389 e. The fraction of sp³-hybridized carbons (Fsp3) is 1.00. The highest BCUT2D eigenvalue weighted by molar-refractivity contribution is 5.01. The van der Waals surface area contributed by atoms with Gasteiger partial charge in [-0.05, 0) is 18.8 Å². The van der Waals surface area contributed by atoms with E-state index in [1.807, 2.05) is 0 Å². The Hall–Kier alpha value is -0.0800. The van der Waals surface area contributed by atoms with E-state index >= 15 is 0 Å². The monoisotopic (exact) mass is 185 g/mol. The van der Waals surface area contributed by atoms with Crippen LogP contribution in [0.2, 0.25) is 0 Å². The third-order valence-corrected chi connectivity index (χ3v) is 3.96. The van der Waals surface area contributed by atoms with Gasteiger partial charge in [-0.2, -0.15) is 0 Å². The summed E-state index contributed by atoms with van der Waals surface area (Å²) in [5.41, 5.74) is 5.08. The van der Waals surface area contributed by atoms with Crippen LogP contribution in [0.15, 0.2) is 0 Å². The van der Waals surface area contributed by atoms with Gasteiger partial charge in [-0.1, -0.05) is 33.6 Å². The zero-order valence-corrected chi connectivity index (χ0v) is 9.14. The first kappa shape index (κ1) is 11.0. The van der Waals surface area contributed by atoms with E-state index in [1.165, 1.54) is 0 Å². The third kappa shape index (κ3) is 1.62. The molecule has 1 rings (SSSR count). The molecule has 0 aromatic carbocycles. The van der Waals surface area contributed by atoms with Gasteiger partial charge in [0.05, 0.1) is 5.60 Å². The predicted octanol–water partition coefficient (Wildman–Crippen LogP) is 1.91. The summed E-state index contributed by atoms with van der Waals surface area (Å²) in [6, 6.07) is 0. The topological polar surface area (TPSA) is 46.2 Å². The Morgan fingerprint density at radius 1 is 1.54 bits per heavy atom. The first-order valence-electron chi connectivity index (χ1n) is 5.40. The van der Waals surface area contributed by atoms with Crippen molar-refractivity contribution in [1.82, 2.24) is 0 Å². The Balaban J connectivity index is 2.85. The van der Waals surface area contributed by atoms with Gasteiger partial charge in [0.25, 0.3) is 0 Å². The van der Waals surface area contributed by atoms with Gasteiger partial charge >= 0.3 is 0 Å². The summed E-state index contributed by atoms with van der Waals surface area (Å²) in [7, 11) is 0. The van der Waals surface area contributed by atoms with Crippen LogP contribution in [0.25, 0.3) is 0 Å². The molecule has 1 saturated carbocycles. The van der Waals surface area contributed by atoms with Crippen molar-refractivity contribution in [3.63, 3.8) is 0 Å². The van der Waals surface area contributed by atoms with Crippen molar-refractivity contribution >= 4 is 0 Å². The van der Waals surface area contributed by atoms with Crippen molar-refractivity contribution in [2.75, 3.05) is 6.54 Å². The average molecular weight is 185 g/mol. The molecule has 2 atom stereocenters. The smallest absolute Gasteiger partial charge is 0.0738 e. The van der Waals surface area contributed by atoms with Crippen molar-refractivity contribution in [1.29, 1.82) is 0 Å². The highest BCUT2D eigenvalue weighted by Crippen LogP contribution is 2.48. The van der Waals surface area contributed by atoms with Gasteiger partial charge in [0, 0.05) is 12.0 Å². The molecule has 13 heavy (non-hydrogen) atoms. The quantitative estimate of drug-likeness (QED) is 0.705. The van der Waals surface area contributed by atoms with E-state index < -0.39 is 5.60 Å². The molecular weight excluding hydrogens is 162 g/mol. The van der Waals surface area contributed by atoms with E-state index in [1.54, 1.807) is 0 Å². The summed E-state index contributed by atoms with van der Waals surface area (Å²) in [4.78, 5) is 0. The molecule has 0 spiro atoms. The highest BCUT2D eigenvalue weighted by atomic mass is 16.3. The number of hydrogen-bond donors (Lipinski definition) is 2. The van der Waals surface area contributed by atoms with Crippen LogP contribution in [0.1, 0.15) is 46.5 Å². The summed E-state index contributed by atoms with van der Waals surface area (Å²) in [6.45, 7) is 6.90. The summed E-state index contributed by atoms with van der Waals surface area (Å²) in [6.07, 6.45) is 4.31. The van der Waals surface area contributed by atoms with Crippen LogP contribution in [0.3, 0.4) is 0 Å². The predicted molar refractivity (Wildman–Crippen MR) is 55.4 cm³/mol. The van der Waals surface area contributed by atoms with Crippen molar-refractivity contribution in [2.24, 2.45) is 17.1 Å². The molecule has 0 heterocycles. The Labute approximate surface area is 81.5 Å². The van der Waals surface area contributed by atoms with Crippen LogP contribution < -0.4 is 5.73 Å². The van der Waals surface area contributed by atoms with Gasteiger partial charge in [-0.15, -0.1) is 0 Å². The fourth-order valence-corrected chi connectivity index (χ4v) is 2.67. The van der Waals surface area contributed by atoms with E-state index in [9.17, 15) is 5.11 Å². The molecule has 0 bridgehead atoms. The highest BCUT2D eigenvalue weighted by Gasteiger charge is 2.50. The number of hydrogen-bond acceptors (Lipinski definition) is 2. The Bertz CT molecular complexity index is 179. The molecule has 2 unspecified atom stereocenters. The normalized spacial score (nSPS) is 35.3. The zero-order chi connectivity index (χ0) is 10.1. The van der Waals surface area contributed by atoms with Crippen LogP contribution in [0.4, 0.5) is 0 Å². The molecule has 0 aliphatic heterocycles. The molecule has 3 N–H and O–H groups in total. The molecule has 78 valence electrons. The van der Waals surface area contributed by atoms with Gasteiger partial charge in [0.15, 0.2) is 0 Å². The summed E-state index contributed by atoms with van der Waals surface area (Å²) < 4.78 is 0. The molecule has 1 fully saturated rings. The molecule has 0 amide bonds. The SMILES string of the molecule is CCC1CCCC1(O)C(C)(C)CN. The standard InChI is InChI=1S/C11H23NO/c1-4-9-6-5-7-11(9,13)10(2,3)8-12/h9,13H,4-8,12H2,1-3H3. The zero-order valence-electron chi connectivity index (χ0n) is 9.14. The van der Waals surface area contributed by atoms with Gasteiger partial charge in [-0.3, -0.25) is 0 Å². The average Bonchev–Trinajstić information content (AvgIpc) is 2.48. The Morgan fingerprint density at radius 2 is 2.15 bits per heavy atom. The van der Waals surface area contributed by atoms with Crippen LogP contribution >= 0.6 is 0 Å². The molecule has 2 nitrogen and oxygen atoms in total. The van der Waals surface area contributed by atoms with E-state index in [-0.39, 0.29) is 5.41 Å². The molecular formula is C11H23NO. The second-order valence-electron chi connectivity index (χ2n) is 5.01.